The lowest BCUT2D eigenvalue weighted by Gasteiger charge is -2.10. The highest BCUT2D eigenvalue weighted by atomic mass is 32.1. The van der Waals surface area contributed by atoms with E-state index in [2.05, 4.69) is 20.5 Å². The van der Waals surface area contributed by atoms with Crippen LogP contribution in [-0.4, -0.2) is 41.4 Å². The van der Waals surface area contributed by atoms with Crippen molar-refractivity contribution < 1.29 is 14.3 Å². The maximum atomic E-state index is 12.5. The molecule has 2 heterocycles. The minimum atomic E-state index is -0.309. The molecule has 0 aliphatic carbocycles. The average Bonchev–Trinajstić information content (AvgIpc) is 3.11. The number of para-hydroxylation sites is 1. The van der Waals surface area contributed by atoms with Crippen LogP contribution >= 0.6 is 11.3 Å². The molecule has 2 aromatic heterocycles. The zero-order chi connectivity index (χ0) is 17.5. The summed E-state index contributed by atoms with van der Waals surface area (Å²) in [6.07, 6.45) is 1.68. The van der Waals surface area contributed by atoms with E-state index in [1.54, 1.807) is 31.5 Å². The van der Waals surface area contributed by atoms with Gasteiger partial charge < -0.3 is 9.47 Å². The molecule has 1 amide bonds. The number of nitrogens with one attached hydrogen (secondary N) is 1. The molecule has 0 spiro atoms. The van der Waals surface area contributed by atoms with Gasteiger partial charge in [-0.25, -0.2) is 0 Å². The third kappa shape index (κ3) is 4.37. The van der Waals surface area contributed by atoms with Crippen LogP contribution in [-0.2, 0) is 4.74 Å². The van der Waals surface area contributed by atoms with Crippen LogP contribution in [0.15, 0.2) is 48.7 Å². The molecule has 128 valence electrons. The first-order valence-electron chi connectivity index (χ1n) is 7.55. The van der Waals surface area contributed by atoms with Gasteiger partial charge in [-0.3, -0.25) is 15.1 Å². The molecular weight excluding hydrogens is 340 g/mol. The number of anilines is 1. The SMILES string of the molecule is COCCOc1ccccc1C(=O)Nc1nnc(-c2ccccn2)s1. The first-order chi connectivity index (χ1) is 12.3. The van der Waals surface area contributed by atoms with Gasteiger partial charge in [0.15, 0.2) is 5.01 Å². The molecule has 0 fully saturated rings. The van der Waals surface area contributed by atoms with Gasteiger partial charge in [0.05, 0.1) is 12.2 Å². The molecule has 1 N–H and O–H groups in total. The van der Waals surface area contributed by atoms with Crippen LogP contribution < -0.4 is 10.1 Å². The highest BCUT2D eigenvalue weighted by molar-refractivity contribution is 7.18. The molecule has 1 aromatic carbocycles. The van der Waals surface area contributed by atoms with Crippen molar-refractivity contribution in [3.05, 3.63) is 54.2 Å². The highest BCUT2D eigenvalue weighted by Crippen LogP contribution is 2.26. The molecule has 0 atom stereocenters. The normalized spacial score (nSPS) is 10.4. The summed E-state index contributed by atoms with van der Waals surface area (Å²) in [5.74, 6) is 0.184. The predicted molar refractivity (Wildman–Crippen MR) is 94.9 cm³/mol. The van der Waals surface area contributed by atoms with Gasteiger partial charge in [0, 0.05) is 13.3 Å². The van der Waals surface area contributed by atoms with Gasteiger partial charge in [0.25, 0.3) is 5.91 Å². The number of pyridine rings is 1. The maximum Gasteiger partial charge on any atom is 0.261 e. The Hall–Kier alpha value is -2.84. The molecule has 0 saturated heterocycles. The number of rotatable bonds is 7. The molecule has 0 unspecified atom stereocenters. The maximum absolute atomic E-state index is 12.5. The van der Waals surface area contributed by atoms with Crippen molar-refractivity contribution in [1.29, 1.82) is 0 Å². The van der Waals surface area contributed by atoms with Crippen molar-refractivity contribution in [2.75, 3.05) is 25.6 Å². The zero-order valence-corrected chi connectivity index (χ0v) is 14.3. The first-order valence-corrected chi connectivity index (χ1v) is 8.36. The largest absolute Gasteiger partial charge is 0.490 e. The number of carbonyl (C=O) groups excluding carboxylic acids is 1. The van der Waals surface area contributed by atoms with Crippen molar-refractivity contribution in [2.24, 2.45) is 0 Å². The second-order valence-electron chi connectivity index (χ2n) is 4.92. The summed E-state index contributed by atoms with van der Waals surface area (Å²) in [5.41, 5.74) is 1.14. The lowest BCUT2D eigenvalue weighted by atomic mass is 10.2. The lowest BCUT2D eigenvalue weighted by molar-refractivity contribution is 0.101. The van der Waals surface area contributed by atoms with Crippen LogP contribution in [0.2, 0.25) is 0 Å². The number of hydrogen-bond acceptors (Lipinski definition) is 7. The number of nitrogens with zero attached hydrogens (tertiary/aromatic N) is 3. The third-order valence-electron chi connectivity index (χ3n) is 3.21. The fourth-order valence-corrected chi connectivity index (χ4v) is 2.76. The fourth-order valence-electron chi connectivity index (χ4n) is 2.05. The molecule has 25 heavy (non-hydrogen) atoms. The average molecular weight is 356 g/mol. The van der Waals surface area contributed by atoms with E-state index in [-0.39, 0.29) is 5.91 Å². The summed E-state index contributed by atoms with van der Waals surface area (Å²) in [6, 6.07) is 12.6. The molecular formula is C17H16N4O3S. The first kappa shape index (κ1) is 17.0. The number of benzene rings is 1. The van der Waals surface area contributed by atoms with Crippen molar-refractivity contribution in [2.45, 2.75) is 0 Å². The number of methoxy groups -OCH3 is 1. The number of aromatic nitrogens is 3. The Bertz CT molecular complexity index is 839. The fraction of sp³-hybridized carbons (Fsp3) is 0.176. The van der Waals surface area contributed by atoms with Crippen molar-refractivity contribution in [1.82, 2.24) is 15.2 Å². The summed E-state index contributed by atoms with van der Waals surface area (Å²) in [4.78, 5) is 16.7. The molecule has 0 aliphatic rings. The molecule has 0 radical (unpaired) electrons. The van der Waals surface area contributed by atoms with E-state index in [1.807, 2.05) is 24.3 Å². The Labute approximate surface area is 148 Å². The van der Waals surface area contributed by atoms with E-state index in [9.17, 15) is 4.79 Å². The Balaban J connectivity index is 1.72. The molecule has 8 heteroatoms. The number of ether oxygens (including phenoxy) is 2. The van der Waals surface area contributed by atoms with E-state index in [4.69, 9.17) is 9.47 Å². The highest BCUT2D eigenvalue weighted by Gasteiger charge is 2.15. The Kier molecular flexibility index (Phi) is 5.65. The topological polar surface area (TPSA) is 86.2 Å². The molecule has 3 rings (SSSR count). The minimum Gasteiger partial charge on any atom is -0.490 e. The van der Waals surface area contributed by atoms with Crippen LogP contribution in [0, 0.1) is 0 Å². The van der Waals surface area contributed by atoms with Crippen molar-refractivity contribution >= 4 is 22.4 Å². The molecule has 7 nitrogen and oxygen atoms in total. The summed E-state index contributed by atoms with van der Waals surface area (Å²) < 4.78 is 10.5. The second kappa shape index (κ2) is 8.32. The molecule has 0 aliphatic heterocycles. The second-order valence-corrected chi connectivity index (χ2v) is 5.90. The van der Waals surface area contributed by atoms with Gasteiger partial charge in [-0.15, -0.1) is 10.2 Å². The molecule has 0 bridgehead atoms. The summed E-state index contributed by atoms with van der Waals surface area (Å²) in [5, 5.41) is 11.8. The van der Waals surface area contributed by atoms with Crippen molar-refractivity contribution in [3.63, 3.8) is 0 Å². The monoisotopic (exact) mass is 356 g/mol. The standard InChI is InChI=1S/C17H16N4O3S/c1-23-10-11-24-14-8-3-2-6-12(14)15(22)19-17-21-20-16(25-17)13-7-4-5-9-18-13/h2-9H,10-11H2,1H3,(H,19,21,22). The van der Waals surface area contributed by atoms with Crippen molar-refractivity contribution in [3.8, 4) is 16.5 Å². The van der Waals surface area contributed by atoms with Gasteiger partial charge in [-0.05, 0) is 24.3 Å². The van der Waals surface area contributed by atoms with Crippen LogP contribution in [0.4, 0.5) is 5.13 Å². The number of carbonyl (C=O) groups is 1. The van der Waals surface area contributed by atoms with Crippen LogP contribution in [0.1, 0.15) is 10.4 Å². The van der Waals surface area contributed by atoms with Crippen LogP contribution in [0.25, 0.3) is 10.7 Å². The third-order valence-corrected chi connectivity index (χ3v) is 4.07. The quantitative estimate of drug-likeness (QED) is 0.655. The smallest absolute Gasteiger partial charge is 0.261 e. The van der Waals surface area contributed by atoms with E-state index in [0.717, 1.165) is 0 Å². The van der Waals surface area contributed by atoms with E-state index < -0.39 is 0 Å². The van der Waals surface area contributed by atoms with E-state index >= 15 is 0 Å². The Morgan fingerprint density at radius 3 is 2.76 bits per heavy atom. The minimum absolute atomic E-state index is 0.309. The molecule has 3 aromatic rings. The summed E-state index contributed by atoms with van der Waals surface area (Å²) >= 11 is 1.26. The van der Waals surface area contributed by atoms with Gasteiger partial charge in [-0.1, -0.05) is 29.5 Å². The van der Waals surface area contributed by atoms with E-state index in [1.165, 1.54) is 11.3 Å². The van der Waals surface area contributed by atoms with Gasteiger partial charge >= 0.3 is 0 Å². The summed E-state index contributed by atoms with van der Waals surface area (Å²) in [6.45, 7) is 0.809. The Morgan fingerprint density at radius 1 is 1.12 bits per heavy atom. The van der Waals surface area contributed by atoms with Crippen LogP contribution in [0.5, 0.6) is 5.75 Å². The van der Waals surface area contributed by atoms with Gasteiger partial charge in [0.1, 0.15) is 18.1 Å². The van der Waals surface area contributed by atoms with Gasteiger partial charge in [-0.2, -0.15) is 0 Å². The molecule has 0 saturated carbocycles. The number of hydrogen-bond donors (Lipinski definition) is 1. The van der Waals surface area contributed by atoms with Crippen LogP contribution in [0.3, 0.4) is 0 Å². The number of amides is 1. The Morgan fingerprint density at radius 2 is 1.96 bits per heavy atom. The predicted octanol–water partition coefficient (Wildman–Crippen LogP) is 2.88. The van der Waals surface area contributed by atoms with E-state index in [0.29, 0.717) is 40.4 Å². The lowest BCUT2D eigenvalue weighted by Crippen LogP contribution is -2.14. The van der Waals surface area contributed by atoms with Gasteiger partial charge in [0.2, 0.25) is 5.13 Å². The summed E-state index contributed by atoms with van der Waals surface area (Å²) in [7, 11) is 1.59. The zero-order valence-electron chi connectivity index (χ0n) is 13.5.